The van der Waals surface area contributed by atoms with E-state index in [1.54, 1.807) is 0 Å². The van der Waals surface area contributed by atoms with Crippen LogP contribution in [-0.4, -0.2) is 9.13 Å². The molecule has 0 aliphatic rings. The molecule has 11 aromatic rings. The van der Waals surface area contributed by atoms with Crippen molar-refractivity contribution in [1.82, 2.24) is 9.13 Å². The second-order valence-electron chi connectivity index (χ2n) is 12.6. The summed E-state index contributed by atoms with van der Waals surface area (Å²) in [4.78, 5) is 4.10. The highest BCUT2D eigenvalue weighted by atomic mass is 16.3. The Kier molecular flexibility index (Phi) is 5.16. The Morgan fingerprint density at radius 3 is 1.48 bits per heavy atom. The summed E-state index contributed by atoms with van der Waals surface area (Å²) in [6.45, 7) is 8.46. The fourth-order valence-electron chi connectivity index (χ4n) is 8.18. The minimum Gasteiger partial charge on any atom is -0.456 e. The van der Waals surface area contributed by atoms with E-state index < -0.39 is 0 Å². The molecular formula is C44H22N4O2. The van der Waals surface area contributed by atoms with Crippen LogP contribution in [0.4, 0.5) is 5.69 Å². The molecule has 0 amide bonds. The van der Waals surface area contributed by atoms with Crippen LogP contribution in [-0.2, 0) is 0 Å². The molecular weight excluding hydrogens is 617 g/mol. The summed E-state index contributed by atoms with van der Waals surface area (Å²) in [6, 6.07) is 47.0. The lowest BCUT2D eigenvalue weighted by Crippen LogP contribution is -2.01. The van der Waals surface area contributed by atoms with Gasteiger partial charge < -0.3 is 18.0 Å². The number of hydrogen-bond acceptors (Lipinski definition) is 3. The van der Waals surface area contributed by atoms with Crippen LogP contribution in [0.15, 0.2) is 142 Å². The van der Waals surface area contributed by atoms with E-state index in [1.165, 1.54) is 0 Å². The van der Waals surface area contributed by atoms with Gasteiger partial charge in [-0.25, -0.2) is 4.85 Å². The molecule has 230 valence electrons. The zero-order valence-corrected chi connectivity index (χ0v) is 26.3. The predicted octanol–water partition coefficient (Wildman–Crippen LogP) is 12.1. The summed E-state index contributed by atoms with van der Waals surface area (Å²) in [5.41, 5.74) is 9.29. The minimum atomic E-state index is 0.444. The van der Waals surface area contributed by atoms with Gasteiger partial charge in [0.1, 0.15) is 28.4 Å². The molecule has 0 fully saturated rings. The van der Waals surface area contributed by atoms with Crippen molar-refractivity contribution in [1.29, 1.82) is 5.26 Å². The molecule has 0 aliphatic carbocycles. The molecule has 6 heteroatoms. The number of nitrogens with zero attached hydrogens (tertiary/aromatic N) is 4. The van der Waals surface area contributed by atoms with Gasteiger partial charge >= 0.3 is 0 Å². The summed E-state index contributed by atoms with van der Waals surface area (Å²) < 4.78 is 16.8. The molecule has 4 aromatic heterocycles. The van der Waals surface area contributed by atoms with Gasteiger partial charge in [0.15, 0.2) is 0 Å². The van der Waals surface area contributed by atoms with Crippen molar-refractivity contribution in [3.05, 3.63) is 150 Å². The largest absolute Gasteiger partial charge is 0.456 e. The van der Waals surface area contributed by atoms with Crippen molar-refractivity contribution in [2.75, 3.05) is 0 Å². The number of rotatable bonds is 2. The first kappa shape index (κ1) is 26.8. The molecule has 0 radical (unpaired) electrons. The Bertz CT molecular complexity index is 3130. The summed E-state index contributed by atoms with van der Waals surface area (Å²) in [5.74, 6) is 0. The van der Waals surface area contributed by atoms with Gasteiger partial charge in [-0.15, -0.1) is 0 Å². The van der Waals surface area contributed by atoms with E-state index in [0.29, 0.717) is 22.6 Å². The maximum atomic E-state index is 10.8. The summed E-state index contributed by atoms with van der Waals surface area (Å²) in [6.07, 6.45) is 0. The highest BCUT2D eigenvalue weighted by Gasteiger charge is 2.24. The average molecular weight is 639 g/mol. The van der Waals surface area contributed by atoms with E-state index in [9.17, 15) is 5.26 Å². The third kappa shape index (κ3) is 3.34. The van der Waals surface area contributed by atoms with Crippen LogP contribution in [0.1, 0.15) is 5.56 Å². The first-order valence-electron chi connectivity index (χ1n) is 16.4. The zero-order valence-electron chi connectivity index (χ0n) is 26.3. The standard InChI is InChI=1S/C44H22N4O2/c1-46-30-23-35(47-31-14-6-2-10-26(31)41-33(47)18-20-39-43(41)28-12-4-8-16-37(28)49-39)25(24-45)22-36(30)48-32-15-7-3-11-27(32)42-34(48)19-21-40-44(42)29-13-5-9-17-38(29)50-40/h2-23H. The predicted molar refractivity (Wildman–Crippen MR) is 201 cm³/mol. The fourth-order valence-corrected chi connectivity index (χ4v) is 8.18. The molecule has 11 rings (SSSR count). The van der Waals surface area contributed by atoms with E-state index in [-0.39, 0.29) is 0 Å². The number of furan rings is 2. The molecule has 7 aromatic carbocycles. The van der Waals surface area contributed by atoms with Gasteiger partial charge in [0, 0.05) is 43.1 Å². The summed E-state index contributed by atoms with van der Waals surface area (Å²) in [5, 5.41) is 19.2. The summed E-state index contributed by atoms with van der Waals surface area (Å²) in [7, 11) is 0. The molecule has 0 spiro atoms. The average Bonchev–Trinajstić information content (AvgIpc) is 3.91. The van der Waals surface area contributed by atoms with E-state index in [2.05, 4.69) is 68.6 Å². The van der Waals surface area contributed by atoms with Gasteiger partial charge in [0.05, 0.1) is 45.6 Å². The van der Waals surface area contributed by atoms with Crippen LogP contribution < -0.4 is 0 Å². The van der Waals surface area contributed by atoms with Gasteiger partial charge in [-0.1, -0.05) is 72.8 Å². The highest BCUT2D eigenvalue weighted by molar-refractivity contribution is 6.28. The minimum absolute atomic E-state index is 0.444. The third-order valence-electron chi connectivity index (χ3n) is 10.2. The smallest absolute Gasteiger partial charge is 0.212 e. The fraction of sp³-hybridized carbons (Fsp3) is 0. The number of nitriles is 1. The first-order valence-corrected chi connectivity index (χ1v) is 16.4. The molecule has 0 unspecified atom stereocenters. The Balaban J connectivity index is 1.24. The lowest BCUT2D eigenvalue weighted by molar-refractivity contribution is 0.669. The maximum Gasteiger partial charge on any atom is 0.212 e. The first-order chi connectivity index (χ1) is 24.7. The van der Waals surface area contributed by atoms with Crippen molar-refractivity contribution in [3.8, 4) is 17.4 Å². The third-order valence-corrected chi connectivity index (χ3v) is 10.2. The molecule has 0 saturated carbocycles. The second kappa shape index (κ2) is 9.64. The van der Waals surface area contributed by atoms with Gasteiger partial charge in [-0.05, 0) is 60.7 Å². The Morgan fingerprint density at radius 2 is 0.960 bits per heavy atom. The van der Waals surface area contributed by atoms with Crippen molar-refractivity contribution >= 4 is 93.2 Å². The van der Waals surface area contributed by atoms with E-state index in [4.69, 9.17) is 15.4 Å². The van der Waals surface area contributed by atoms with Crippen LogP contribution in [0.5, 0.6) is 0 Å². The highest BCUT2D eigenvalue weighted by Crippen LogP contribution is 2.45. The van der Waals surface area contributed by atoms with Crippen molar-refractivity contribution in [2.45, 2.75) is 0 Å². The van der Waals surface area contributed by atoms with E-state index >= 15 is 0 Å². The maximum absolute atomic E-state index is 10.8. The van der Waals surface area contributed by atoms with Gasteiger partial charge in [-0.2, -0.15) is 5.26 Å². The number of benzene rings is 7. The molecule has 0 N–H and O–H groups in total. The second-order valence-corrected chi connectivity index (χ2v) is 12.6. The van der Waals surface area contributed by atoms with Crippen molar-refractivity contribution in [2.24, 2.45) is 0 Å². The van der Waals surface area contributed by atoms with Crippen LogP contribution in [0.3, 0.4) is 0 Å². The number of aromatic nitrogens is 2. The number of fused-ring (bicyclic) bond motifs is 14. The number of para-hydroxylation sites is 4. The molecule has 50 heavy (non-hydrogen) atoms. The molecule has 6 nitrogen and oxygen atoms in total. The molecule has 0 atom stereocenters. The Hall–Kier alpha value is -7.28. The SMILES string of the molecule is [C-]#[N+]c1cc(-n2c3ccccc3c3c4c(ccc32)oc2ccccc24)c(C#N)cc1-n1c2ccccc2c2c3c(ccc21)oc1ccccc13. The monoisotopic (exact) mass is 638 g/mol. The Labute approximate surface area is 283 Å². The summed E-state index contributed by atoms with van der Waals surface area (Å²) >= 11 is 0. The van der Waals surface area contributed by atoms with Crippen LogP contribution >= 0.6 is 0 Å². The topological polar surface area (TPSA) is 64.3 Å². The quantitative estimate of drug-likeness (QED) is 0.177. The van der Waals surface area contributed by atoms with E-state index in [0.717, 1.165) is 87.5 Å². The van der Waals surface area contributed by atoms with E-state index in [1.807, 2.05) is 84.9 Å². The molecule has 0 aliphatic heterocycles. The van der Waals surface area contributed by atoms with Gasteiger partial charge in [0.25, 0.3) is 0 Å². The lowest BCUT2D eigenvalue weighted by atomic mass is 10.1. The molecule has 0 bridgehead atoms. The lowest BCUT2D eigenvalue weighted by Gasteiger charge is -2.15. The number of hydrogen-bond donors (Lipinski definition) is 0. The van der Waals surface area contributed by atoms with Crippen molar-refractivity contribution < 1.29 is 8.83 Å². The zero-order chi connectivity index (χ0) is 33.1. The van der Waals surface area contributed by atoms with Crippen LogP contribution in [0, 0.1) is 17.9 Å². The van der Waals surface area contributed by atoms with Crippen LogP contribution in [0.25, 0.3) is 104 Å². The van der Waals surface area contributed by atoms with Crippen LogP contribution in [0.2, 0.25) is 0 Å². The molecule has 0 saturated heterocycles. The molecule has 4 heterocycles. The van der Waals surface area contributed by atoms with Crippen molar-refractivity contribution in [3.63, 3.8) is 0 Å². The van der Waals surface area contributed by atoms with Gasteiger partial charge in [-0.3, -0.25) is 0 Å². The van der Waals surface area contributed by atoms with Gasteiger partial charge in [0.2, 0.25) is 5.69 Å². The Morgan fingerprint density at radius 1 is 0.480 bits per heavy atom. The normalized spacial score (nSPS) is 12.0.